The molecule has 0 saturated carbocycles. The van der Waals surface area contributed by atoms with Crippen LogP contribution >= 0.6 is 0 Å². The van der Waals surface area contributed by atoms with Crippen molar-refractivity contribution in [3.8, 4) is 0 Å². The Labute approximate surface area is 155 Å². The third-order valence-electron chi connectivity index (χ3n) is 3.89. The maximum atomic E-state index is 12.5. The number of hydrogen-bond donors (Lipinski definition) is 6. The maximum absolute atomic E-state index is 12.5. The van der Waals surface area contributed by atoms with Crippen LogP contribution in [0.25, 0.3) is 0 Å². The van der Waals surface area contributed by atoms with E-state index in [2.05, 4.69) is 20.6 Å². The smallest absolute Gasteiger partial charge is 0.326 e. The van der Waals surface area contributed by atoms with Gasteiger partial charge >= 0.3 is 11.9 Å². The molecule has 0 aliphatic heterocycles. The van der Waals surface area contributed by atoms with Gasteiger partial charge in [0.1, 0.15) is 12.1 Å². The van der Waals surface area contributed by atoms with Gasteiger partial charge in [-0.3, -0.25) is 14.4 Å². The highest BCUT2D eigenvalue weighted by atomic mass is 16.4. The molecule has 0 saturated heterocycles. The average molecular weight is 383 g/mol. The molecule has 3 atom stereocenters. The summed E-state index contributed by atoms with van der Waals surface area (Å²) in [5.74, 6) is -4.04. The number of nitrogens with two attached hydrogens (primary N) is 1. The summed E-state index contributed by atoms with van der Waals surface area (Å²) >= 11 is 0. The van der Waals surface area contributed by atoms with E-state index in [-0.39, 0.29) is 25.2 Å². The van der Waals surface area contributed by atoms with Crippen LogP contribution in [0, 0.1) is 5.92 Å². The first-order valence-corrected chi connectivity index (χ1v) is 8.40. The Morgan fingerprint density at radius 3 is 2.26 bits per heavy atom. The van der Waals surface area contributed by atoms with Gasteiger partial charge in [0, 0.05) is 24.7 Å². The van der Waals surface area contributed by atoms with Crippen LogP contribution in [0.15, 0.2) is 12.5 Å². The first-order valence-electron chi connectivity index (χ1n) is 8.40. The number of aromatic nitrogens is 2. The monoisotopic (exact) mass is 383 g/mol. The number of aliphatic carboxylic acids is 2. The number of H-pyrrole nitrogens is 1. The van der Waals surface area contributed by atoms with E-state index in [0.29, 0.717) is 5.69 Å². The first kappa shape index (κ1) is 22.1. The molecule has 27 heavy (non-hydrogen) atoms. The molecule has 0 radical (unpaired) electrons. The Balaban J connectivity index is 2.84. The number of nitrogens with one attached hydrogen (secondary N) is 3. The summed E-state index contributed by atoms with van der Waals surface area (Å²) in [7, 11) is 0. The second kappa shape index (κ2) is 10.3. The standard InChI is InChI=1S/C16H25N5O6/c1-8(2)13(17)15(25)20-10(3-4-12(22)23)14(24)21-11(16(26)27)5-9-6-18-7-19-9/h6-8,10-11,13H,3-5,17H2,1-2H3,(H,18,19)(H,20,25)(H,21,24)(H,22,23)(H,26,27). The molecule has 3 unspecified atom stereocenters. The van der Waals surface area contributed by atoms with Crippen molar-refractivity contribution in [2.45, 2.75) is 51.2 Å². The Morgan fingerprint density at radius 1 is 1.15 bits per heavy atom. The molecule has 0 aliphatic rings. The van der Waals surface area contributed by atoms with E-state index < -0.39 is 41.9 Å². The third-order valence-corrected chi connectivity index (χ3v) is 3.89. The van der Waals surface area contributed by atoms with Crippen molar-refractivity contribution in [2.75, 3.05) is 0 Å². The Morgan fingerprint density at radius 2 is 1.78 bits per heavy atom. The normalized spacial score (nSPS) is 14.2. The van der Waals surface area contributed by atoms with Crippen molar-refractivity contribution < 1.29 is 29.4 Å². The highest BCUT2D eigenvalue weighted by Gasteiger charge is 2.29. The lowest BCUT2D eigenvalue weighted by molar-refractivity contribution is -0.143. The molecule has 11 heteroatoms. The number of carbonyl (C=O) groups excluding carboxylic acids is 2. The molecular formula is C16H25N5O6. The van der Waals surface area contributed by atoms with Gasteiger partial charge in [-0.1, -0.05) is 13.8 Å². The highest BCUT2D eigenvalue weighted by molar-refractivity contribution is 5.92. The Hall–Kier alpha value is -2.95. The van der Waals surface area contributed by atoms with Crippen molar-refractivity contribution in [1.29, 1.82) is 0 Å². The molecule has 0 fully saturated rings. The summed E-state index contributed by atoms with van der Waals surface area (Å²) in [6.45, 7) is 3.45. The number of carboxylic acid groups (broad SMARTS) is 2. The lowest BCUT2D eigenvalue weighted by Gasteiger charge is -2.23. The molecule has 0 aromatic carbocycles. The summed E-state index contributed by atoms with van der Waals surface area (Å²) in [6.07, 6.45) is 2.17. The van der Waals surface area contributed by atoms with E-state index in [4.69, 9.17) is 10.8 Å². The average Bonchev–Trinajstić information content (AvgIpc) is 3.09. The Bertz CT molecular complexity index is 660. The van der Waals surface area contributed by atoms with Crippen molar-refractivity contribution >= 4 is 23.8 Å². The molecule has 0 bridgehead atoms. The SMILES string of the molecule is CC(C)C(N)C(=O)NC(CCC(=O)O)C(=O)NC(Cc1cnc[nH]1)C(=O)O. The molecule has 2 amide bonds. The second-order valence-electron chi connectivity index (χ2n) is 6.44. The summed E-state index contributed by atoms with van der Waals surface area (Å²) < 4.78 is 0. The van der Waals surface area contributed by atoms with Gasteiger partial charge < -0.3 is 31.6 Å². The fourth-order valence-electron chi connectivity index (χ4n) is 2.20. The molecule has 150 valence electrons. The second-order valence-corrected chi connectivity index (χ2v) is 6.44. The number of rotatable bonds is 11. The number of carbonyl (C=O) groups is 4. The molecule has 0 spiro atoms. The van der Waals surface area contributed by atoms with E-state index in [1.807, 2.05) is 0 Å². The van der Waals surface area contributed by atoms with Crippen LogP contribution in [0.5, 0.6) is 0 Å². The van der Waals surface area contributed by atoms with Crippen molar-refractivity contribution in [3.05, 3.63) is 18.2 Å². The molecular weight excluding hydrogens is 358 g/mol. The minimum atomic E-state index is -1.28. The van der Waals surface area contributed by atoms with E-state index in [0.717, 1.165) is 0 Å². The Kier molecular flexibility index (Phi) is 8.39. The van der Waals surface area contributed by atoms with Crippen LogP contribution in [-0.4, -0.2) is 62.1 Å². The van der Waals surface area contributed by atoms with Gasteiger partial charge in [-0.2, -0.15) is 0 Å². The molecule has 1 aromatic rings. The number of carboxylic acids is 2. The molecule has 1 rings (SSSR count). The minimum absolute atomic E-state index is 0.0494. The van der Waals surface area contributed by atoms with Crippen molar-refractivity contribution in [2.24, 2.45) is 11.7 Å². The summed E-state index contributed by atoms with van der Waals surface area (Å²) in [5.41, 5.74) is 6.23. The molecule has 0 aliphatic carbocycles. The number of aromatic amines is 1. The minimum Gasteiger partial charge on any atom is -0.481 e. The van der Waals surface area contributed by atoms with Gasteiger partial charge in [-0.05, 0) is 12.3 Å². The zero-order chi connectivity index (χ0) is 20.6. The van der Waals surface area contributed by atoms with Crippen LogP contribution < -0.4 is 16.4 Å². The summed E-state index contributed by atoms with van der Waals surface area (Å²) in [6, 6.07) is -3.38. The molecule has 1 aromatic heterocycles. The van der Waals surface area contributed by atoms with Crippen LogP contribution in [-0.2, 0) is 25.6 Å². The quantitative estimate of drug-likeness (QED) is 0.276. The van der Waals surface area contributed by atoms with Gasteiger partial charge in [-0.25, -0.2) is 9.78 Å². The number of amides is 2. The molecule has 1 heterocycles. The van der Waals surface area contributed by atoms with Gasteiger partial charge in [0.25, 0.3) is 0 Å². The predicted octanol–water partition coefficient (Wildman–Crippen LogP) is -1.15. The third kappa shape index (κ3) is 7.44. The lowest BCUT2D eigenvalue weighted by Crippen LogP contribution is -2.55. The summed E-state index contributed by atoms with van der Waals surface area (Å²) in [4.78, 5) is 53.4. The highest BCUT2D eigenvalue weighted by Crippen LogP contribution is 2.05. The zero-order valence-electron chi connectivity index (χ0n) is 15.1. The van der Waals surface area contributed by atoms with Crippen LogP contribution in [0.4, 0.5) is 0 Å². The van der Waals surface area contributed by atoms with Gasteiger partial charge in [0.05, 0.1) is 12.4 Å². The van der Waals surface area contributed by atoms with E-state index >= 15 is 0 Å². The van der Waals surface area contributed by atoms with E-state index in [1.54, 1.807) is 13.8 Å². The summed E-state index contributed by atoms with van der Waals surface area (Å²) in [5, 5.41) is 22.9. The number of nitrogens with zero attached hydrogens (tertiary/aromatic N) is 1. The van der Waals surface area contributed by atoms with Gasteiger partial charge in [0.15, 0.2) is 0 Å². The predicted molar refractivity (Wildman–Crippen MR) is 93.5 cm³/mol. The van der Waals surface area contributed by atoms with Crippen molar-refractivity contribution in [1.82, 2.24) is 20.6 Å². The topological polar surface area (TPSA) is 188 Å². The first-order chi connectivity index (χ1) is 12.6. The number of hydrogen-bond acceptors (Lipinski definition) is 6. The maximum Gasteiger partial charge on any atom is 0.326 e. The van der Waals surface area contributed by atoms with Crippen LogP contribution in [0.3, 0.4) is 0 Å². The fraction of sp³-hybridized carbons (Fsp3) is 0.562. The molecule has 11 nitrogen and oxygen atoms in total. The largest absolute Gasteiger partial charge is 0.481 e. The van der Waals surface area contributed by atoms with Gasteiger partial charge in [0.2, 0.25) is 11.8 Å². The lowest BCUT2D eigenvalue weighted by atomic mass is 10.0. The van der Waals surface area contributed by atoms with Crippen LogP contribution in [0.2, 0.25) is 0 Å². The van der Waals surface area contributed by atoms with Crippen molar-refractivity contribution in [3.63, 3.8) is 0 Å². The van der Waals surface area contributed by atoms with Gasteiger partial charge in [-0.15, -0.1) is 0 Å². The number of imidazole rings is 1. The fourth-order valence-corrected chi connectivity index (χ4v) is 2.20. The van der Waals surface area contributed by atoms with E-state index in [9.17, 15) is 24.3 Å². The zero-order valence-corrected chi connectivity index (χ0v) is 15.1. The van der Waals surface area contributed by atoms with Crippen LogP contribution in [0.1, 0.15) is 32.4 Å². The van der Waals surface area contributed by atoms with E-state index in [1.165, 1.54) is 12.5 Å². The molecule has 7 N–H and O–H groups in total.